The zero-order valence-electron chi connectivity index (χ0n) is 12.6. The van der Waals surface area contributed by atoms with Crippen molar-refractivity contribution in [3.8, 4) is 5.69 Å². The molecule has 1 N–H and O–H groups in total. The zero-order chi connectivity index (χ0) is 18.1. The van der Waals surface area contributed by atoms with Gasteiger partial charge in [-0.3, -0.25) is 4.72 Å². The molecule has 9 heteroatoms. The van der Waals surface area contributed by atoms with Gasteiger partial charge in [0.05, 0.1) is 21.8 Å². The van der Waals surface area contributed by atoms with Crippen LogP contribution in [0, 0.1) is 0 Å². The van der Waals surface area contributed by atoms with Crippen LogP contribution in [-0.2, 0) is 16.2 Å². The topological polar surface area (TPSA) is 64.0 Å². The van der Waals surface area contributed by atoms with Crippen LogP contribution in [0.1, 0.15) is 5.56 Å². The molecular weight excluding hydrogens is 355 g/mol. The summed E-state index contributed by atoms with van der Waals surface area (Å²) in [4.78, 5) is -0.0566. The number of hydrogen-bond donors (Lipinski definition) is 1. The number of alkyl halides is 3. The molecule has 130 valence electrons. The fourth-order valence-electron chi connectivity index (χ4n) is 2.21. The average molecular weight is 367 g/mol. The van der Waals surface area contributed by atoms with Crippen LogP contribution in [0.4, 0.5) is 18.9 Å². The van der Waals surface area contributed by atoms with E-state index in [1.54, 1.807) is 12.1 Å². The average Bonchev–Trinajstić information content (AvgIpc) is 3.09. The van der Waals surface area contributed by atoms with Crippen molar-refractivity contribution >= 4 is 15.7 Å². The number of halogens is 3. The Balaban J connectivity index is 2.10. The van der Waals surface area contributed by atoms with Crippen molar-refractivity contribution in [1.29, 1.82) is 0 Å². The number of rotatable bonds is 4. The van der Waals surface area contributed by atoms with Crippen LogP contribution in [-0.4, -0.2) is 18.2 Å². The first kappa shape index (κ1) is 17.0. The van der Waals surface area contributed by atoms with E-state index in [0.29, 0.717) is 0 Å². The van der Waals surface area contributed by atoms with Crippen molar-refractivity contribution in [1.82, 2.24) is 9.78 Å². The summed E-state index contributed by atoms with van der Waals surface area (Å²) in [6, 6.07) is 11.7. The maximum atomic E-state index is 13.0. The molecule has 0 aliphatic heterocycles. The van der Waals surface area contributed by atoms with Crippen LogP contribution >= 0.6 is 0 Å². The van der Waals surface area contributed by atoms with E-state index in [1.807, 2.05) is 0 Å². The lowest BCUT2D eigenvalue weighted by atomic mass is 10.1. The number of nitrogens with one attached hydrogen (secondary N) is 1. The first-order chi connectivity index (χ1) is 11.8. The van der Waals surface area contributed by atoms with Gasteiger partial charge in [0.25, 0.3) is 10.0 Å². The Hall–Kier alpha value is -2.81. The van der Waals surface area contributed by atoms with Gasteiger partial charge in [-0.15, -0.1) is 0 Å². The lowest BCUT2D eigenvalue weighted by molar-refractivity contribution is -0.137. The molecule has 0 radical (unpaired) electrons. The largest absolute Gasteiger partial charge is 0.416 e. The fourth-order valence-corrected chi connectivity index (χ4v) is 3.29. The molecule has 25 heavy (non-hydrogen) atoms. The van der Waals surface area contributed by atoms with Gasteiger partial charge in [-0.2, -0.15) is 18.3 Å². The highest BCUT2D eigenvalue weighted by molar-refractivity contribution is 7.92. The summed E-state index contributed by atoms with van der Waals surface area (Å²) in [5.41, 5.74) is -1.01. The molecule has 1 aromatic heterocycles. The smallest absolute Gasteiger partial charge is 0.277 e. The molecule has 0 amide bonds. The molecule has 0 fully saturated rings. The molecule has 0 atom stereocenters. The summed E-state index contributed by atoms with van der Waals surface area (Å²) in [7, 11) is -4.05. The minimum atomic E-state index is -4.60. The minimum Gasteiger partial charge on any atom is -0.277 e. The van der Waals surface area contributed by atoms with Crippen LogP contribution in [0.3, 0.4) is 0 Å². The first-order valence-corrected chi connectivity index (χ1v) is 8.55. The lowest BCUT2D eigenvalue weighted by Crippen LogP contribution is -2.16. The van der Waals surface area contributed by atoms with Crippen LogP contribution in [0.25, 0.3) is 5.69 Å². The highest BCUT2D eigenvalue weighted by Crippen LogP contribution is 2.34. The van der Waals surface area contributed by atoms with Gasteiger partial charge in [0.15, 0.2) is 0 Å². The molecule has 0 spiro atoms. The molecule has 0 saturated heterocycles. The summed E-state index contributed by atoms with van der Waals surface area (Å²) in [5, 5.41) is 3.94. The third kappa shape index (κ3) is 3.66. The molecule has 0 unspecified atom stereocenters. The maximum Gasteiger partial charge on any atom is 0.416 e. The Labute approximate surface area is 141 Å². The monoisotopic (exact) mass is 367 g/mol. The van der Waals surface area contributed by atoms with E-state index in [1.165, 1.54) is 47.4 Å². The highest BCUT2D eigenvalue weighted by Gasteiger charge is 2.31. The van der Waals surface area contributed by atoms with Crippen LogP contribution in [0.5, 0.6) is 0 Å². The van der Waals surface area contributed by atoms with Crippen molar-refractivity contribution in [3.05, 3.63) is 72.6 Å². The Morgan fingerprint density at radius 2 is 1.72 bits per heavy atom. The number of hydrogen-bond acceptors (Lipinski definition) is 3. The Morgan fingerprint density at radius 1 is 1.00 bits per heavy atom. The summed E-state index contributed by atoms with van der Waals surface area (Å²) in [6.45, 7) is 0. The van der Waals surface area contributed by atoms with E-state index in [4.69, 9.17) is 0 Å². The third-order valence-corrected chi connectivity index (χ3v) is 4.75. The highest BCUT2D eigenvalue weighted by atomic mass is 32.2. The number of nitrogens with zero attached hydrogens (tertiary/aromatic N) is 2. The molecule has 5 nitrogen and oxygen atoms in total. The first-order valence-electron chi connectivity index (χ1n) is 7.06. The summed E-state index contributed by atoms with van der Waals surface area (Å²) < 4.78 is 67.4. The normalized spacial score (nSPS) is 12.1. The van der Waals surface area contributed by atoms with Crippen molar-refractivity contribution < 1.29 is 21.6 Å². The Morgan fingerprint density at radius 3 is 2.32 bits per heavy atom. The second-order valence-corrected chi connectivity index (χ2v) is 6.78. The zero-order valence-corrected chi connectivity index (χ0v) is 13.4. The number of aromatic nitrogens is 2. The van der Waals surface area contributed by atoms with Gasteiger partial charge in [-0.25, -0.2) is 13.1 Å². The van der Waals surface area contributed by atoms with E-state index in [2.05, 4.69) is 9.82 Å². The summed E-state index contributed by atoms with van der Waals surface area (Å²) in [5.74, 6) is 0. The van der Waals surface area contributed by atoms with Gasteiger partial charge in [0, 0.05) is 12.4 Å². The van der Waals surface area contributed by atoms with Crippen molar-refractivity contribution in [3.63, 3.8) is 0 Å². The predicted molar refractivity (Wildman–Crippen MR) is 85.8 cm³/mol. The van der Waals surface area contributed by atoms with Gasteiger partial charge in [0.2, 0.25) is 0 Å². The van der Waals surface area contributed by atoms with Gasteiger partial charge in [-0.05, 0) is 36.4 Å². The van der Waals surface area contributed by atoms with Gasteiger partial charge in [-0.1, -0.05) is 18.2 Å². The molecular formula is C16H12F3N3O2S. The van der Waals surface area contributed by atoms with E-state index in [-0.39, 0.29) is 16.3 Å². The molecule has 0 saturated carbocycles. The van der Waals surface area contributed by atoms with Crippen molar-refractivity contribution in [2.24, 2.45) is 0 Å². The van der Waals surface area contributed by atoms with Crippen LogP contribution < -0.4 is 4.72 Å². The Kier molecular flexibility index (Phi) is 4.25. The molecule has 3 aromatic rings. The summed E-state index contributed by atoms with van der Waals surface area (Å²) >= 11 is 0. The van der Waals surface area contributed by atoms with Gasteiger partial charge < -0.3 is 0 Å². The molecule has 1 heterocycles. The lowest BCUT2D eigenvalue weighted by Gasteiger charge is -2.15. The minimum absolute atomic E-state index is 0.0566. The van der Waals surface area contributed by atoms with E-state index in [0.717, 1.165) is 12.1 Å². The van der Waals surface area contributed by atoms with Gasteiger partial charge in [0.1, 0.15) is 0 Å². The van der Waals surface area contributed by atoms with E-state index in [9.17, 15) is 21.6 Å². The fraction of sp³-hybridized carbons (Fsp3) is 0.0625. The van der Waals surface area contributed by atoms with E-state index >= 15 is 0 Å². The van der Waals surface area contributed by atoms with Crippen molar-refractivity contribution in [2.45, 2.75) is 11.1 Å². The predicted octanol–water partition coefficient (Wildman–Crippen LogP) is 3.69. The molecule has 2 aromatic carbocycles. The van der Waals surface area contributed by atoms with Crippen LogP contribution in [0.15, 0.2) is 71.9 Å². The maximum absolute atomic E-state index is 13.0. The quantitative estimate of drug-likeness (QED) is 0.765. The van der Waals surface area contributed by atoms with Crippen LogP contribution in [0.2, 0.25) is 0 Å². The van der Waals surface area contributed by atoms with E-state index < -0.39 is 21.8 Å². The van der Waals surface area contributed by atoms with Crippen molar-refractivity contribution in [2.75, 3.05) is 4.72 Å². The number of sulfonamides is 1. The Bertz CT molecular complexity index is 970. The SMILES string of the molecule is O=S(=O)(Nc1cc(C(F)(F)F)ccc1-n1cccn1)c1ccccc1. The van der Waals surface area contributed by atoms with Gasteiger partial charge >= 0.3 is 6.18 Å². The standard InChI is InChI=1S/C16H12F3N3O2S/c17-16(18,19)12-7-8-15(22-10-4-9-20-22)14(11-12)21-25(23,24)13-5-2-1-3-6-13/h1-11,21H. The molecule has 3 rings (SSSR count). The molecule has 0 bridgehead atoms. The second-order valence-electron chi connectivity index (χ2n) is 5.10. The summed E-state index contributed by atoms with van der Waals surface area (Å²) in [6.07, 6.45) is -1.66. The third-order valence-electron chi connectivity index (χ3n) is 3.37. The second kappa shape index (κ2) is 6.25. The molecule has 0 aliphatic rings. The number of benzene rings is 2. The number of anilines is 1. The molecule has 0 aliphatic carbocycles.